The van der Waals surface area contributed by atoms with E-state index in [1.54, 1.807) is 11.8 Å². The van der Waals surface area contributed by atoms with Gasteiger partial charge in [0.25, 0.3) is 0 Å². The molecule has 1 aliphatic heterocycles. The molecule has 0 radical (unpaired) electrons. The summed E-state index contributed by atoms with van der Waals surface area (Å²) >= 11 is 1.76. The highest BCUT2D eigenvalue weighted by Gasteiger charge is 2.41. The molecule has 14 heavy (non-hydrogen) atoms. The van der Waals surface area contributed by atoms with Gasteiger partial charge in [0.2, 0.25) is 0 Å². The monoisotopic (exact) mass is 233 g/mol. The molecule has 1 heterocycles. The topological polar surface area (TPSA) is 57.9 Å². The lowest BCUT2D eigenvalue weighted by atomic mass is 9.87. The minimum atomic E-state index is -2.93. The Bertz CT molecular complexity index is 331. The fraction of sp³-hybridized carbons (Fsp3) is 0.889. The van der Waals surface area contributed by atoms with Crippen molar-refractivity contribution in [3.05, 3.63) is 0 Å². The molecule has 5 heteroatoms. The zero-order valence-electron chi connectivity index (χ0n) is 8.32. The zero-order valence-corrected chi connectivity index (χ0v) is 9.96. The van der Waals surface area contributed by atoms with E-state index in [1.807, 2.05) is 0 Å². The average molecular weight is 233 g/mol. The maximum atomic E-state index is 11.3. The molecule has 1 rings (SSSR count). The van der Waals surface area contributed by atoms with Crippen LogP contribution in [0.1, 0.15) is 19.8 Å². The van der Waals surface area contributed by atoms with Crippen LogP contribution in [0.15, 0.2) is 0 Å². The van der Waals surface area contributed by atoms with Gasteiger partial charge in [-0.3, -0.25) is 0 Å². The van der Waals surface area contributed by atoms with E-state index in [2.05, 4.69) is 13.0 Å². The van der Waals surface area contributed by atoms with Gasteiger partial charge in [-0.05, 0) is 24.3 Å². The molecule has 0 N–H and O–H groups in total. The number of sulfone groups is 1. The van der Waals surface area contributed by atoms with Crippen LogP contribution in [0.2, 0.25) is 0 Å². The van der Waals surface area contributed by atoms with Crippen molar-refractivity contribution in [1.82, 2.24) is 0 Å². The zero-order chi connectivity index (χ0) is 10.7. The van der Waals surface area contributed by atoms with Crippen molar-refractivity contribution >= 4 is 21.6 Å². The van der Waals surface area contributed by atoms with Gasteiger partial charge in [-0.1, -0.05) is 6.92 Å². The van der Waals surface area contributed by atoms with Crippen LogP contribution >= 0.6 is 11.8 Å². The van der Waals surface area contributed by atoms with Crippen molar-refractivity contribution < 1.29 is 8.42 Å². The van der Waals surface area contributed by atoms with Crippen LogP contribution in [0.4, 0.5) is 0 Å². The summed E-state index contributed by atoms with van der Waals surface area (Å²) in [5.41, 5.74) is -0.582. The molecular formula is C9H15NO2S2. The first-order valence-electron chi connectivity index (χ1n) is 4.73. The van der Waals surface area contributed by atoms with Crippen LogP contribution in [0.3, 0.4) is 0 Å². The normalized spacial score (nSPS) is 30.0. The van der Waals surface area contributed by atoms with Gasteiger partial charge in [-0.25, -0.2) is 8.42 Å². The molecule has 1 atom stereocenters. The SMILES string of the molecule is CCSCCC1(C#N)CCS(=O)(=O)C1. The first-order valence-corrected chi connectivity index (χ1v) is 7.71. The number of hydrogen-bond donors (Lipinski definition) is 0. The molecular weight excluding hydrogens is 218 g/mol. The van der Waals surface area contributed by atoms with E-state index < -0.39 is 15.3 Å². The van der Waals surface area contributed by atoms with E-state index in [0.717, 1.165) is 11.5 Å². The lowest BCUT2D eigenvalue weighted by Gasteiger charge is -2.17. The Labute approximate surface area is 89.8 Å². The van der Waals surface area contributed by atoms with Gasteiger partial charge >= 0.3 is 0 Å². The summed E-state index contributed by atoms with van der Waals surface area (Å²) in [6, 6.07) is 2.20. The standard InChI is InChI=1S/C9H15NO2S2/c1-2-13-5-3-9(7-10)4-6-14(11,12)8-9/h2-6,8H2,1H3. The molecule has 0 spiro atoms. The van der Waals surface area contributed by atoms with E-state index in [4.69, 9.17) is 5.26 Å². The number of nitriles is 1. The van der Waals surface area contributed by atoms with Gasteiger partial charge in [0.1, 0.15) is 0 Å². The number of nitrogens with zero attached hydrogens (tertiary/aromatic N) is 1. The van der Waals surface area contributed by atoms with Crippen molar-refractivity contribution in [3.63, 3.8) is 0 Å². The fourth-order valence-corrected chi connectivity index (χ4v) is 4.53. The first kappa shape index (κ1) is 11.9. The summed E-state index contributed by atoms with van der Waals surface area (Å²) < 4.78 is 22.6. The molecule has 1 aliphatic rings. The third kappa shape index (κ3) is 2.89. The third-order valence-corrected chi connectivity index (χ3v) is 5.27. The van der Waals surface area contributed by atoms with Gasteiger partial charge in [0.05, 0.1) is 23.0 Å². The Hall–Kier alpha value is -0.210. The quantitative estimate of drug-likeness (QED) is 0.690. The molecule has 0 bridgehead atoms. The molecule has 0 saturated carbocycles. The predicted octanol–water partition coefficient (Wildman–Crippen LogP) is 1.46. The molecule has 0 aromatic heterocycles. The maximum Gasteiger partial charge on any atom is 0.151 e. The van der Waals surface area contributed by atoms with Gasteiger partial charge < -0.3 is 0 Å². The molecule has 3 nitrogen and oxygen atoms in total. The Morgan fingerprint density at radius 2 is 2.29 bits per heavy atom. The average Bonchev–Trinajstić information content (AvgIpc) is 2.44. The smallest absolute Gasteiger partial charge is 0.151 e. The van der Waals surface area contributed by atoms with E-state index in [9.17, 15) is 8.42 Å². The van der Waals surface area contributed by atoms with Crippen LogP contribution in [0, 0.1) is 16.7 Å². The number of thioether (sulfide) groups is 1. The van der Waals surface area contributed by atoms with Gasteiger partial charge in [0, 0.05) is 0 Å². The van der Waals surface area contributed by atoms with E-state index >= 15 is 0 Å². The van der Waals surface area contributed by atoms with Crippen molar-refractivity contribution in [2.45, 2.75) is 19.8 Å². The van der Waals surface area contributed by atoms with Gasteiger partial charge in [0.15, 0.2) is 9.84 Å². The lowest BCUT2D eigenvalue weighted by Crippen LogP contribution is -2.21. The van der Waals surface area contributed by atoms with Gasteiger partial charge in [-0.15, -0.1) is 0 Å². The molecule has 0 aromatic carbocycles. The second-order valence-corrected chi connectivity index (χ2v) is 7.26. The summed E-state index contributed by atoms with van der Waals surface area (Å²) in [5, 5.41) is 9.02. The highest BCUT2D eigenvalue weighted by atomic mass is 32.2. The summed E-state index contributed by atoms with van der Waals surface area (Å²) in [6.45, 7) is 2.06. The van der Waals surface area contributed by atoms with Crippen LogP contribution in [-0.4, -0.2) is 31.4 Å². The van der Waals surface area contributed by atoms with E-state index in [-0.39, 0.29) is 11.5 Å². The van der Waals surface area contributed by atoms with E-state index in [0.29, 0.717) is 12.8 Å². The summed E-state index contributed by atoms with van der Waals surface area (Å²) in [5.74, 6) is 2.17. The Morgan fingerprint density at radius 1 is 1.57 bits per heavy atom. The molecule has 0 aliphatic carbocycles. The van der Waals surface area contributed by atoms with Crippen molar-refractivity contribution in [1.29, 1.82) is 5.26 Å². The molecule has 1 fully saturated rings. The van der Waals surface area contributed by atoms with Crippen molar-refractivity contribution in [2.24, 2.45) is 5.41 Å². The minimum Gasteiger partial charge on any atom is -0.229 e. The predicted molar refractivity (Wildman–Crippen MR) is 58.9 cm³/mol. The first-order chi connectivity index (χ1) is 6.54. The maximum absolute atomic E-state index is 11.3. The van der Waals surface area contributed by atoms with Crippen LogP contribution in [-0.2, 0) is 9.84 Å². The van der Waals surface area contributed by atoms with Crippen molar-refractivity contribution in [3.8, 4) is 6.07 Å². The Kier molecular flexibility index (Phi) is 3.85. The molecule has 1 unspecified atom stereocenters. The molecule has 0 aromatic rings. The number of hydrogen-bond acceptors (Lipinski definition) is 4. The molecule has 80 valence electrons. The van der Waals surface area contributed by atoms with Gasteiger partial charge in [-0.2, -0.15) is 17.0 Å². The van der Waals surface area contributed by atoms with Crippen LogP contribution in [0.5, 0.6) is 0 Å². The lowest BCUT2D eigenvalue weighted by molar-refractivity contribution is 0.441. The summed E-state index contributed by atoms with van der Waals surface area (Å²) in [4.78, 5) is 0. The van der Waals surface area contributed by atoms with Crippen LogP contribution < -0.4 is 0 Å². The second kappa shape index (κ2) is 4.54. The highest BCUT2D eigenvalue weighted by molar-refractivity contribution is 7.99. The summed E-state index contributed by atoms with van der Waals surface area (Å²) in [7, 11) is -2.93. The molecule has 1 saturated heterocycles. The highest BCUT2D eigenvalue weighted by Crippen LogP contribution is 2.35. The fourth-order valence-electron chi connectivity index (χ4n) is 1.67. The van der Waals surface area contributed by atoms with Crippen molar-refractivity contribution in [2.75, 3.05) is 23.0 Å². The van der Waals surface area contributed by atoms with E-state index in [1.165, 1.54) is 0 Å². The van der Waals surface area contributed by atoms with Crippen LogP contribution in [0.25, 0.3) is 0 Å². The Balaban J connectivity index is 2.58. The number of rotatable bonds is 4. The Morgan fingerprint density at radius 3 is 2.71 bits per heavy atom. The largest absolute Gasteiger partial charge is 0.229 e. The minimum absolute atomic E-state index is 0.0702. The third-order valence-electron chi connectivity index (χ3n) is 2.55. The summed E-state index contributed by atoms with van der Waals surface area (Å²) in [6.07, 6.45) is 1.23. The second-order valence-electron chi connectivity index (χ2n) is 3.68. The molecule has 0 amide bonds.